The predicted octanol–water partition coefficient (Wildman–Crippen LogP) is 3.20. The quantitative estimate of drug-likeness (QED) is 0.861. The molecule has 0 bridgehead atoms. The molecule has 18 heavy (non-hydrogen) atoms. The lowest BCUT2D eigenvalue weighted by molar-refractivity contribution is 0.411. The van der Waals surface area contributed by atoms with E-state index in [4.69, 9.17) is 4.74 Å². The van der Waals surface area contributed by atoms with Gasteiger partial charge in [-0.1, -0.05) is 0 Å². The van der Waals surface area contributed by atoms with Gasteiger partial charge in [0, 0.05) is 11.8 Å². The summed E-state index contributed by atoms with van der Waals surface area (Å²) in [6.07, 6.45) is 1.77. The molecule has 0 fully saturated rings. The largest absolute Gasteiger partial charge is 0.496 e. The van der Waals surface area contributed by atoms with Crippen LogP contribution in [0.1, 0.15) is 17.0 Å². The standard InChI is InChI=1S/C14H16N2OS/c1-9-7-13(17-3)10(2)6-11(9)12-4-5-15-14(8-18)16-12/h4-7,18H,8H2,1-3H3. The van der Waals surface area contributed by atoms with Crippen molar-refractivity contribution in [2.75, 3.05) is 7.11 Å². The Morgan fingerprint density at radius 3 is 2.67 bits per heavy atom. The average molecular weight is 260 g/mol. The molecule has 3 nitrogen and oxygen atoms in total. The molecule has 0 spiro atoms. The minimum atomic E-state index is 0.544. The normalized spacial score (nSPS) is 10.4. The molecule has 2 aromatic rings. The number of aromatic nitrogens is 2. The third kappa shape index (κ3) is 2.48. The second-order valence-corrected chi connectivity index (χ2v) is 4.47. The van der Waals surface area contributed by atoms with Crippen LogP contribution in [0.25, 0.3) is 11.3 Å². The molecule has 0 saturated carbocycles. The number of ether oxygens (including phenoxy) is 1. The molecule has 1 aromatic heterocycles. The summed E-state index contributed by atoms with van der Waals surface area (Å²) >= 11 is 4.20. The molecule has 0 unspecified atom stereocenters. The van der Waals surface area contributed by atoms with E-state index in [0.29, 0.717) is 5.75 Å². The van der Waals surface area contributed by atoms with Crippen LogP contribution < -0.4 is 4.74 Å². The molecule has 0 N–H and O–H groups in total. The van der Waals surface area contributed by atoms with Gasteiger partial charge in [-0.3, -0.25) is 0 Å². The van der Waals surface area contributed by atoms with E-state index in [9.17, 15) is 0 Å². The highest BCUT2D eigenvalue weighted by atomic mass is 32.1. The second-order valence-electron chi connectivity index (χ2n) is 4.15. The van der Waals surface area contributed by atoms with Gasteiger partial charge in [0.2, 0.25) is 0 Å². The first-order chi connectivity index (χ1) is 8.65. The lowest BCUT2D eigenvalue weighted by atomic mass is 10.0. The first-order valence-electron chi connectivity index (χ1n) is 5.74. The van der Waals surface area contributed by atoms with Crippen LogP contribution in [0.4, 0.5) is 0 Å². The maximum atomic E-state index is 5.32. The zero-order valence-electron chi connectivity index (χ0n) is 10.8. The molecule has 94 valence electrons. The fourth-order valence-electron chi connectivity index (χ4n) is 1.91. The van der Waals surface area contributed by atoms with Crippen LogP contribution in [0.2, 0.25) is 0 Å². The zero-order valence-corrected chi connectivity index (χ0v) is 11.7. The summed E-state index contributed by atoms with van der Waals surface area (Å²) < 4.78 is 5.32. The van der Waals surface area contributed by atoms with Crippen LogP contribution in [-0.2, 0) is 5.75 Å². The molecule has 0 aliphatic carbocycles. The molecule has 4 heteroatoms. The summed E-state index contributed by atoms with van der Waals surface area (Å²) in [5.74, 6) is 2.19. The number of methoxy groups -OCH3 is 1. The van der Waals surface area contributed by atoms with Crippen molar-refractivity contribution in [3.8, 4) is 17.0 Å². The van der Waals surface area contributed by atoms with Gasteiger partial charge in [-0.15, -0.1) is 0 Å². The fourth-order valence-corrected chi connectivity index (χ4v) is 2.06. The zero-order chi connectivity index (χ0) is 13.1. The van der Waals surface area contributed by atoms with Crippen LogP contribution in [0.15, 0.2) is 24.4 Å². The maximum Gasteiger partial charge on any atom is 0.138 e. The van der Waals surface area contributed by atoms with Crippen LogP contribution in [0.5, 0.6) is 5.75 Å². The van der Waals surface area contributed by atoms with Gasteiger partial charge >= 0.3 is 0 Å². The molecular weight excluding hydrogens is 244 g/mol. The van der Waals surface area contributed by atoms with Gasteiger partial charge in [0.15, 0.2) is 0 Å². The fraction of sp³-hybridized carbons (Fsp3) is 0.286. The molecule has 0 aliphatic rings. The van der Waals surface area contributed by atoms with Crippen molar-refractivity contribution in [2.24, 2.45) is 0 Å². The van der Waals surface area contributed by atoms with E-state index in [2.05, 4.69) is 35.6 Å². The van der Waals surface area contributed by atoms with Crippen LogP contribution in [0.3, 0.4) is 0 Å². The van der Waals surface area contributed by atoms with Crippen molar-refractivity contribution in [1.29, 1.82) is 0 Å². The van der Waals surface area contributed by atoms with Gasteiger partial charge < -0.3 is 4.74 Å². The van der Waals surface area contributed by atoms with Gasteiger partial charge in [-0.2, -0.15) is 12.6 Å². The van der Waals surface area contributed by atoms with Gasteiger partial charge in [-0.05, 0) is 43.2 Å². The molecule has 1 aromatic carbocycles. The van der Waals surface area contributed by atoms with E-state index in [1.165, 1.54) is 0 Å². The summed E-state index contributed by atoms with van der Waals surface area (Å²) in [5.41, 5.74) is 4.28. The third-order valence-electron chi connectivity index (χ3n) is 2.86. The number of hydrogen-bond donors (Lipinski definition) is 1. The highest BCUT2D eigenvalue weighted by Crippen LogP contribution is 2.28. The Morgan fingerprint density at radius 1 is 1.22 bits per heavy atom. The Morgan fingerprint density at radius 2 is 2.00 bits per heavy atom. The smallest absolute Gasteiger partial charge is 0.138 e. The number of benzene rings is 1. The summed E-state index contributed by atoms with van der Waals surface area (Å²) in [5, 5.41) is 0. The molecular formula is C14H16N2OS. The summed E-state index contributed by atoms with van der Waals surface area (Å²) in [4.78, 5) is 8.65. The van der Waals surface area contributed by atoms with E-state index in [1.54, 1.807) is 13.3 Å². The number of nitrogens with zero attached hydrogens (tertiary/aromatic N) is 2. The molecule has 1 heterocycles. The number of aryl methyl sites for hydroxylation is 2. The van der Waals surface area contributed by atoms with E-state index in [-0.39, 0.29) is 0 Å². The topological polar surface area (TPSA) is 35.0 Å². The van der Waals surface area contributed by atoms with Crippen LogP contribution in [-0.4, -0.2) is 17.1 Å². The van der Waals surface area contributed by atoms with Crippen molar-refractivity contribution in [1.82, 2.24) is 9.97 Å². The van der Waals surface area contributed by atoms with E-state index in [1.807, 2.05) is 19.1 Å². The van der Waals surface area contributed by atoms with Gasteiger partial charge in [0.05, 0.1) is 18.6 Å². The first kappa shape index (κ1) is 12.9. The molecule has 0 atom stereocenters. The number of thiol groups is 1. The summed E-state index contributed by atoms with van der Waals surface area (Å²) in [6.45, 7) is 4.09. The third-order valence-corrected chi connectivity index (χ3v) is 3.15. The van der Waals surface area contributed by atoms with Crippen molar-refractivity contribution in [3.63, 3.8) is 0 Å². The van der Waals surface area contributed by atoms with Gasteiger partial charge in [0.1, 0.15) is 11.6 Å². The summed E-state index contributed by atoms with van der Waals surface area (Å²) in [7, 11) is 1.69. The van der Waals surface area contributed by atoms with Crippen molar-refractivity contribution >= 4 is 12.6 Å². The van der Waals surface area contributed by atoms with E-state index >= 15 is 0 Å². The minimum Gasteiger partial charge on any atom is -0.496 e. The summed E-state index contributed by atoms with van der Waals surface area (Å²) in [6, 6.07) is 6.05. The maximum absolute atomic E-state index is 5.32. The highest BCUT2D eigenvalue weighted by molar-refractivity contribution is 7.79. The predicted molar refractivity (Wildman–Crippen MR) is 76.2 cm³/mol. The van der Waals surface area contributed by atoms with Crippen LogP contribution >= 0.6 is 12.6 Å². The Kier molecular flexibility index (Phi) is 3.87. The molecule has 0 amide bonds. The van der Waals surface area contributed by atoms with Gasteiger partial charge in [0.25, 0.3) is 0 Å². The number of rotatable bonds is 3. The lowest BCUT2D eigenvalue weighted by Gasteiger charge is -2.11. The minimum absolute atomic E-state index is 0.544. The molecule has 0 aliphatic heterocycles. The average Bonchev–Trinajstić information content (AvgIpc) is 2.41. The SMILES string of the molecule is COc1cc(C)c(-c2ccnc(CS)n2)cc1C. The van der Waals surface area contributed by atoms with Crippen LogP contribution in [0, 0.1) is 13.8 Å². The highest BCUT2D eigenvalue weighted by Gasteiger charge is 2.08. The molecule has 2 rings (SSSR count). The lowest BCUT2D eigenvalue weighted by Crippen LogP contribution is -1.96. The number of hydrogen-bond acceptors (Lipinski definition) is 4. The Labute approximate surface area is 113 Å². The Hall–Kier alpha value is -1.55. The van der Waals surface area contributed by atoms with E-state index < -0.39 is 0 Å². The van der Waals surface area contributed by atoms with Crippen molar-refractivity contribution < 1.29 is 4.74 Å². The molecule has 0 saturated heterocycles. The Bertz CT molecular complexity index is 570. The second kappa shape index (κ2) is 5.40. The van der Waals surface area contributed by atoms with Crippen molar-refractivity contribution in [3.05, 3.63) is 41.3 Å². The molecule has 0 radical (unpaired) electrons. The monoisotopic (exact) mass is 260 g/mol. The Balaban J connectivity index is 2.53. The first-order valence-corrected chi connectivity index (χ1v) is 6.37. The van der Waals surface area contributed by atoms with Crippen molar-refractivity contribution in [2.45, 2.75) is 19.6 Å². The van der Waals surface area contributed by atoms with Gasteiger partial charge in [-0.25, -0.2) is 9.97 Å². The van der Waals surface area contributed by atoms with E-state index in [0.717, 1.165) is 34.0 Å².